The zero-order valence-electron chi connectivity index (χ0n) is 9.47. The Labute approximate surface area is 104 Å². The summed E-state index contributed by atoms with van der Waals surface area (Å²) in [7, 11) is 3.49. The number of likely N-dealkylation sites (N-methyl/N-ethyl adjacent to an activating group) is 1. The van der Waals surface area contributed by atoms with Gasteiger partial charge in [0.1, 0.15) is 5.01 Å². The van der Waals surface area contributed by atoms with Crippen LogP contribution >= 0.6 is 23.1 Å². The number of hydrogen-bond donors (Lipinski definition) is 1. The molecule has 0 spiro atoms. The lowest BCUT2D eigenvalue weighted by Gasteiger charge is -2.07. The summed E-state index contributed by atoms with van der Waals surface area (Å²) in [5.41, 5.74) is 0.991. The van der Waals surface area contributed by atoms with E-state index >= 15 is 0 Å². The number of carbonyl (C=O) groups excluding carboxylic acids is 1. The van der Waals surface area contributed by atoms with E-state index in [4.69, 9.17) is 5.11 Å². The van der Waals surface area contributed by atoms with Crippen LogP contribution in [0.2, 0.25) is 0 Å². The third-order valence-corrected chi connectivity index (χ3v) is 3.75. The van der Waals surface area contributed by atoms with Crippen molar-refractivity contribution < 1.29 is 9.90 Å². The van der Waals surface area contributed by atoms with E-state index < -0.39 is 0 Å². The van der Waals surface area contributed by atoms with Crippen LogP contribution in [0.3, 0.4) is 0 Å². The van der Waals surface area contributed by atoms with Gasteiger partial charge in [0.25, 0.3) is 0 Å². The van der Waals surface area contributed by atoms with E-state index in [1.165, 1.54) is 11.3 Å². The van der Waals surface area contributed by atoms with Crippen molar-refractivity contribution in [3.63, 3.8) is 0 Å². The fourth-order valence-electron chi connectivity index (χ4n) is 1.03. The second kappa shape index (κ2) is 6.88. The van der Waals surface area contributed by atoms with Gasteiger partial charge < -0.3 is 10.0 Å². The number of thiazole rings is 1. The molecule has 6 heteroatoms. The summed E-state index contributed by atoms with van der Waals surface area (Å²) in [6.45, 7) is 0.195. The van der Waals surface area contributed by atoms with E-state index in [-0.39, 0.29) is 12.5 Å². The van der Waals surface area contributed by atoms with Gasteiger partial charge in [0.15, 0.2) is 0 Å². The quantitative estimate of drug-likeness (QED) is 0.775. The van der Waals surface area contributed by atoms with Crippen LogP contribution in [0.1, 0.15) is 10.7 Å². The predicted octanol–water partition coefficient (Wildman–Crippen LogP) is 0.999. The van der Waals surface area contributed by atoms with Gasteiger partial charge in [0.05, 0.1) is 18.7 Å². The number of thioether (sulfide) groups is 1. The Balaban J connectivity index is 2.42. The second-order valence-corrected chi connectivity index (χ2v) is 5.52. The van der Waals surface area contributed by atoms with Gasteiger partial charge in [-0.05, 0) is 0 Å². The highest BCUT2D eigenvalue weighted by molar-refractivity contribution is 7.98. The topological polar surface area (TPSA) is 53.4 Å². The zero-order chi connectivity index (χ0) is 12.0. The van der Waals surface area contributed by atoms with Gasteiger partial charge in [0, 0.05) is 31.0 Å². The Morgan fingerprint density at radius 3 is 3.00 bits per heavy atom. The Bertz CT molecular complexity index is 339. The summed E-state index contributed by atoms with van der Waals surface area (Å²) in [5, 5.41) is 11.5. The van der Waals surface area contributed by atoms with Crippen LogP contribution in [0.4, 0.5) is 0 Å². The molecule has 0 saturated carbocycles. The lowest BCUT2D eigenvalue weighted by molar-refractivity contribution is -0.127. The predicted molar refractivity (Wildman–Crippen MR) is 67.8 cm³/mol. The highest BCUT2D eigenvalue weighted by Crippen LogP contribution is 2.16. The Morgan fingerprint density at radius 1 is 1.62 bits per heavy atom. The largest absolute Gasteiger partial charge is 0.396 e. The molecule has 1 aromatic rings. The van der Waals surface area contributed by atoms with Crippen molar-refractivity contribution in [2.45, 2.75) is 12.2 Å². The molecule has 0 aliphatic rings. The fraction of sp³-hybridized carbons (Fsp3) is 0.600. The van der Waals surface area contributed by atoms with E-state index in [0.717, 1.165) is 22.2 Å². The number of amides is 1. The number of carbonyl (C=O) groups is 1. The van der Waals surface area contributed by atoms with E-state index in [9.17, 15) is 4.79 Å². The van der Waals surface area contributed by atoms with Gasteiger partial charge in [-0.1, -0.05) is 0 Å². The molecule has 0 atom stereocenters. The molecule has 0 radical (unpaired) electrons. The second-order valence-electron chi connectivity index (χ2n) is 3.47. The first-order valence-corrected chi connectivity index (χ1v) is 6.99. The van der Waals surface area contributed by atoms with Crippen molar-refractivity contribution in [3.8, 4) is 0 Å². The molecule has 1 amide bonds. The number of nitrogens with zero attached hydrogens (tertiary/aromatic N) is 2. The first kappa shape index (κ1) is 13.5. The van der Waals surface area contributed by atoms with Crippen LogP contribution in [-0.2, 0) is 17.0 Å². The van der Waals surface area contributed by atoms with Crippen molar-refractivity contribution >= 4 is 29.0 Å². The van der Waals surface area contributed by atoms with Gasteiger partial charge in [-0.25, -0.2) is 4.98 Å². The van der Waals surface area contributed by atoms with Crippen LogP contribution < -0.4 is 0 Å². The summed E-state index contributed by atoms with van der Waals surface area (Å²) >= 11 is 3.16. The van der Waals surface area contributed by atoms with E-state index in [1.54, 1.807) is 30.8 Å². The highest BCUT2D eigenvalue weighted by Gasteiger charge is 2.09. The van der Waals surface area contributed by atoms with E-state index in [2.05, 4.69) is 4.98 Å². The van der Waals surface area contributed by atoms with Crippen molar-refractivity contribution in [1.82, 2.24) is 9.88 Å². The molecule has 0 aliphatic carbocycles. The van der Waals surface area contributed by atoms with Gasteiger partial charge in [-0.15, -0.1) is 11.3 Å². The molecule has 1 heterocycles. The number of hydrogen-bond acceptors (Lipinski definition) is 5. The summed E-state index contributed by atoms with van der Waals surface area (Å²) in [4.78, 5) is 17.4. The van der Waals surface area contributed by atoms with Crippen LogP contribution in [0.5, 0.6) is 0 Å². The lowest BCUT2D eigenvalue weighted by atomic mass is 10.4. The molecule has 90 valence electrons. The minimum Gasteiger partial charge on any atom is -0.396 e. The Morgan fingerprint density at radius 2 is 2.38 bits per heavy atom. The maximum Gasteiger partial charge on any atom is 0.228 e. The SMILES string of the molecule is CN(C)C(=O)Cc1nc(CSCCO)cs1. The molecule has 1 aromatic heterocycles. The fourth-order valence-corrected chi connectivity index (χ4v) is 2.55. The number of rotatable bonds is 6. The normalized spacial score (nSPS) is 10.4. The molecule has 0 fully saturated rings. The van der Waals surface area contributed by atoms with Crippen LogP contribution in [0.15, 0.2) is 5.38 Å². The third kappa shape index (κ3) is 4.51. The molecular weight excluding hydrogens is 244 g/mol. The van der Waals surface area contributed by atoms with E-state index in [0.29, 0.717) is 6.42 Å². The first-order valence-electron chi connectivity index (χ1n) is 4.95. The molecule has 1 N–H and O–H groups in total. The van der Waals surface area contributed by atoms with Gasteiger partial charge in [-0.2, -0.15) is 11.8 Å². The molecule has 1 rings (SSSR count). The van der Waals surface area contributed by atoms with E-state index in [1.807, 2.05) is 5.38 Å². The van der Waals surface area contributed by atoms with Crippen molar-refractivity contribution in [3.05, 3.63) is 16.1 Å². The van der Waals surface area contributed by atoms with Crippen molar-refractivity contribution in [1.29, 1.82) is 0 Å². The van der Waals surface area contributed by atoms with Gasteiger partial charge in [-0.3, -0.25) is 4.79 Å². The van der Waals surface area contributed by atoms with Crippen LogP contribution in [0.25, 0.3) is 0 Å². The monoisotopic (exact) mass is 260 g/mol. The molecular formula is C10H16N2O2S2. The average molecular weight is 260 g/mol. The number of aliphatic hydroxyl groups excluding tert-OH is 1. The minimum absolute atomic E-state index is 0.0731. The highest BCUT2D eigenvalue weighted by atomic mass is 32.2. The maximum atomic E-state index is 11.4. The maximum absolute atomic E-state index is 11.4. The van der Waals surface area contributed by atoms with Crippen molar-refractivity contribution in [2.24, 2.45) is 0 Å². The third-order valence-electron chi connectivity index (χ3n) is 1.89. The molecule has 0 saturated heterocycles. The minimum atomic E-state index is 0.0731. The van der Waals surface area contributed by atoms with Gasteiger partial charge in [0.2, 0.25) is 5.91 Å². The van der Waals surface area contributed by atoms with Crippen LogP contribution in [0, 0.1) is 0 Å². The molecule has 0 aliphatic heterocycles. The molecule has 0 bridgehead atoms. The molecule has 16 heavy (non-hydrogen) atoms. The molecule has 0 aromatic carbocycles. The van der Waals surface area contributed by atoms with Crippen LogP contribution in [-0.4, -0.2) is 47.4 Å². The summed E-state index contributed by atoms with van der Waals surface area (Å²) in [5.74, 6) is 1.60. The Kier molecular flexibility index (Phi) is 5.79. The van der Waals surface area contributed by atoms with Crippen molar-refractivity contribution in [2.75, 3.05) is 26.5 Å². The summed E-state index contributed by atoms with van der Waals surface area (Å²) in [6.07, 6.45) is 0.377. The first-order chi connectivity index (χ1) is 7.63. The summed E-state index contributed by atoms with van der Waals surface area (Å²) in [6, 6.07) is 0. The van der Waals surface area contributed by atoms with Gasteiger partial charge >= 0.3 is 0 Å². The average Bonchev–Trinajstić information content (AvgIpc) is 2.66. The lowest BCUT2D eigenvalue weighted by Crippen LogP contribution is -2.23. The molecule has 4 nitrogen and oxygen atoms in total. The Hall–Kier alpha value is -0.590. The summed E-state index contributed by atoms with van der Waals surface area (Å²) < 4.78 is 0. The zero-order valence-corrected chi connectivity index (χ0v) is 11.1. The molecule has 0 unspecified atom stereocenters. The number of aliphatic hydroxyl groups is 1. The number of aromatic nitrogens is 1. The standard InChI is InChI=1S/C10H16N2O2S2/c1-12(2)10(14)5-9-11-8(7-16-9)6-15-4-3-13/h7,13H,3-6H2,1-2H3. The smallest absolute Gasteiger partial charge is 0.228 e.